The molecule has 0 heterocycles. The topological polar surface area (TPSA) is 63.4 Å². The van der Waals surface area contributed by atoms with Gasteiger partial charge in [-0.1, -0.05) is 12.1 Å². The fourth-order valence-electron chi connectivity index (χ4n) is 1.56. The maximum Gasteiger partial charge on any atom is 0.237 e. The smallest absolute Gasteiger partial charge is 0.237 e. The number of anilines is 1. The predicted molar refractivity (Wildman–Crippen MR) is 71.4 cm³/mol. The van der Waals surface area contributed by atoms with Gasteiger partial charge in [-0.3, -0.25) is 4.31 Å². The van der Waals surface area contributed by atoms with Crippen molar-refractivity contribution in [3.63, 3.8) is 0 Å². The fraction of sp³-hybridized carbons (Fsp3) is 0.500. The second-order valence-corrected chi connectivity index (χ2v) is 6.54. The first-order valence-corrected chi connectivity index (χ1v) is 7.24. The van der Waals surface area contributed by atoms with Crippen molar-refractivity contribution < 1.29 is 8.42 Å². The molecule has 0 atom stereocenters. The summed E-state index contributed by atoms with van der Waals surface area (Å²) in [6.07, 6.45) is 0. The number of rotatable bonds is 5. The lowest BCUT2D eigenvalue weighted by Crippen LogP contribution is -2.36. The van der Waals surface area contributed by atoms with E-state index in [9.17, 15) is 8.42 Å². The lowest BCUT2D eigenvalue weighted by molar-refractivity contribution is 0.583. The van der Waals surface area contributed by atoms with E-state index in [1.165, 1.54) is 4.31 Å². The van der Waals surface area contributed by atoms with Crippen LogP contribution in [0.3, 0.4) is 0 Å². The van der Waals surface area contributed by atoms with Gasteiger partial charge >= 0.3 is 0 Å². The lowest BCUT2D eigenvalue weighted by atomic mass is 10.2. The van der Waals surface area contributed by atoms with Crippen molar-refractivity contribution in [1.29, 1.82) is 0 Å². The van der Waals surface area contributed by atoms with E-state index < -0.39 is 15.3 Å². The van der Waals surface area contributed by atoms with E-state index in [-0.39, 0.29) is 0 Å². The highest BCUT2D eigenvalue weighted by Crippen LogP contribution is 2.21. The second-order valence-electron chi connectivity index (χ2n) is 4.13. The molecule has 0 saturated carbocycles. The Bertz CT molecular complexity index is 452. The van der Waals surface area contributed by atoms with Crippen LogP contribution in [0.5, 0.6) is 0 Å². The standard InChI is InChI=1S/C12H20N2O2S/c1-4-14(17(15,16)10(2)3)12-7-5-11(9-13)6-8-12/h5-8,10H,4,9,13H2,1-3H3. The third-order valence-electron chi connectivity index (χ3n) is 2.65. The molecule has 1 aromatic rings. The Morgan fingerprint density at radius 3 is 2.12 bits per heavy atom. The molecule has 1 aromatic carbocycles. The van der Waals surface area contributed by atoms with Crippen LogP contribution in [-0.4, -0.2) is 20.2 Å². The Labute approximate surface area is 103 Å². The third-order valence-corrected chi connectivity index (χ3v) is 4.92. The first-order chi connectivity index (χ1) is 7.93. The molecule has 0 aliphatic carbocycles. The Balaban J connectivity index is 3.10. The van der Waals surface area contributed by atoms with Crippen LogP contribution in [0.25, 0.3) is 0 Å². The summed E-state index contributed by atoms with van der Waals surface area (Å²) in [7, 11) is -3.26. The monoisotopic (exact) mass is 256 g/mol. The quantitative estimate of drug-likeness (QED) is 0.872. The van der Waals surface area contributed by atoms with Crippen LogP contribution in [-0.2, 0) is 16.6 Å². The molecule has 17 heavy (non-hydrogen) atoms. The average molecular weight is 256 g/mol. The van der Waals surface area contributed by atoms with Crippen LogP contribution in [0.15, 0.2) is 24.3 Å². The summed E-state index contributed by atoms with van der Waals surface area (Å²) in [5, 5.41) is -0.420. The maximum absolute atomic E-state index is 12.1. The number of sulfonamides is 1. The van der Waals surface area contributed by atoms with Crippen molar-refractivity contribution in [2.75, 3.05) is 10.8 Å². The summed E-state index contributed by atoms with van der Waals surface area (Å²) in [5.74, 6) is 0. The molecule has 96 valence electrons. The summed E-state index contributed by atoms with van der Waals surface area (Å²) in [6.45, 7) is 6.10. The van der Waals surface area contributed by atoms with Gasteiger partial charge < -0.3 is 5.73 Å². The predicted octanol–water partition coefficient (Wildman–Crippen LogP) is 1.71. The molecule has 2 N–H and O–H groups in total. The van der Waals surface area contributed by atoms with Crippen molar-refractivity contribution >= 4 is 15.7 Å². The molecule has 0 amide bonds. The summed E-state index contributed by atoms with van der Waals surface area (Å²) in [5.41, 5.74) is 7.20. The second kappa shape index (κ2) is 5.51. The number of benzene rings is 1. The third kappa shape index (κ3) is 2.98. The molecule has 4 nitrogen and oxygen atoms in total. The molecular formula is C12H20N2O2S. The maximum atomic E-state index is 12.1. The van der Waals surface area contributed by atoms with Crippen molar-refractivity contribution in [3.05, 3.63) is 29.8 Å². The molecule has 1 rings (SSSR count). The Hall–Kier alpha value is -1.07. The minimum absolute atomic E-state index is 0.420. The molecule has 0 spiro atoms. The SMILES string of the molecule is CCN(c1ccc(CN)cc1)S(=O)(=O)C(C)C. The van der Waals surface area contributed by atoms with Crippen LogP contribution in [0.4, 0.5) is 5.69 Å². The largest absolute Gasteiger partial charge is 0.326 e. The van der Waals surface area contributed by atoms with Crippen LogP contribution in [0.2, 0.25) is 0 Å². The molecule has 0 fully saturated rings. The average Bonchev–Trinajstić information content (AvgIpc) is 2.30. The molecule has 0 radical (unpaired) electrons. The van der Waals surface area contributed by atoms with Gasteiger partial charge in [-0.25, -0.2) is 8.42 Å². The van der Waals surface area contributed by atoms with E-state index in [0.717, 1.165) is 5.56 Å². The summed E-state index contributed by atoms with van der Waals surface area (Å²) >= 11 is 0. The first-order valence-electron chi connectivity index (χ1n) is 5.74. The molecule has 5 heteroatoms. The Morgan fingerprint density at radius 1 is 1.24 bits per heavy atom. The highest BCUT2D eigenvalue weighted by Gasteiger charge is 2.24. The van der Waals surface area contributed by atoms with Gasteiger partial charge in [0.2, 0.25) is 10.0 Å². The van der Waals surface area contributed by atoms with Gasteiger partial charge in [0.1, 0.15) is 0 Å². The normalized spacial score (nSPS) is 11.8. The summed E-state index contributed by atoms with van der Waals surface area (Å²) in [6, 6.07) is 7.30. The van der Waals surface area contributed by atoms with Gasteiger partial charge in [0.25, 0.3) is 0 Å². The van der Waals surface area contributed by atoms with Crippen LogP contribution in [0.1, 0.15) is 26.3 Å². The van der Waals surface area contributed by atoms with Gasteiger partial charge in [0, 0.05) is 13.1 Å². The van der Waals surface area contributed by atoms with Gasteiger partial charge in [-0.2, -0.15) is 0 Å². The Morgan fingerprint density at radius 2 is 1.76 bits per heavy atom. The van der Waals surface area contributed by atoms with E-state index in [2.05, 4.69) is 0 Å². The number of nitrogens with zero attached hydrogens (tertiary/aromatic N) is 1. The fourth-order valence-corrected chi connectivity index (χ4v) is 2.85. The van der Waals surface area contributed by atoms with E-state index in [0.29, 0.717) is 18.8 Å². The van der Waals surface area contributed by atoms with E-state index >= 15 is 0 Å². The number of nitrogens with two attached hydrogens (primary N) is 1. The molecule has 0 aromatic heterocycles. The highest BCUT2D eigenvalue weighted by atomic mass is 32.2. The van der Waals surface area contributed by atoms with Crippen LogP contribution < -0.4 is 10.0 Å². The molecule has 0 bridgehead atoms. The van der Waals surface area contributed by atoms with Crippen molar-refractivity contribution in [3.8, 4) is 0 Å². The zero-order chi connectivity index (χ0) is 13.1. The molecular weight excluding hydrogens is 236 g/mol. The number of hydrogen-bond donors (Lipinski definition) is 1. The van der Waals surface area contributed by atoms with E-state index in [1.54, 1.807) is 26.0 Å². The van der Waals surface area contributed by atoms with Gasteiger partial charge in [0.05, 0.1) is 10.9 Å². The van der Waals surface area contributed by atoms with Crippen LogP contribution >= 0.6 is 0 Å². The molecule has 0 aliphatic heterocycles. The lowest BCUT2D eigenvalue weighted by Gasteiger charge is -2.25. The molecule has 0 aliphatic rings. The summed E-state index contributed by atoms with van der Waals surface area (Å²) < 4.78 is 25.7. The first kappa shape index (κ1) is 14.0. The van der Waals surface area contributed by atoms with Crippen molar-refractivity contribution in [1.82, 2.24) is 0 Å². The minimum Gasteiger partial charge on any atom is -0.326 e. The molecule has 0 unspecified atom stereocenters. The molecule has 0 saturated heterocycles. The van der Waals surface area contributed by atoms with E-state index in [1.807, 2.05) is 19.1 Å². The van der Waals surface area contributed by atoms with Gasteiger partial charge in [-0.15, -0.1) is 0 Å². The number of hydrogen-bond acceptors (Lipinski definition) is 3. The highest BCUT2D eigenvalue weighted by molar-refractivity contribution is 7.93. The van der Waals surface area contributed by atoms with Crippen LogP contribution in [0, 0.1) is 0 Å². The van der Waals surface area contributed by atoms with Gasteiger partial charge in [-0.05, 0) is 38.5 Å². The summed E-state index contributed by atoms with van der Waals surface area (Å²) in [4.78, 5) is 0. The van der Waals surface area contributed by atoms with Crippen molar-refractivity contribution in [2.24, 2.45) is 5.73 Å². The van der Waals surface area contributed by atoms with Crippen molar-refractivity contribution in [2.45, 2.75) is 32.6 Å². The zero-order valence-electron chi connectivity index (χ0n) is 10.6. The van der Waals surface area contributed by atoms with Gasteiger partial charge in [0.15, 0.2) is 0 Å². The Kier molecular flexibility index (Phi) is 4.54. The minimum atomic E-state index is -3.26. The van der Waals surface area contributed by atoms with E-state index in [4.69, 9.17) is 5.73 Å². The zero-order valence-corrected chi connectivity index (χ0v) is 11.4.